The number of sulfonamides is 1. The van der Waals surface area contributed by atoms with E-state index < -0.39 is 10.0 Å². The average molecular weight is 477 g/mol. The van der Waals surface area contributed by atoms with Crippen LogP contribution in [0.2, 0.25) is 0 Å². The third kappa shape index (κ3) is 4.86. The molecular weight excluding hydrogens is 452 g/mol. The van der Waals surface area contributed by atoms with Crippen molar-refractivity contribution in [1.82, 2.24) is 0 Å². The Morgan fingerprint density at radius 1 is 0.543 bits per heavy atom. The van der Waals surface area contributed by atoms with Gasteiger partial charge in [-0.25, -0.2) is 13.1 Å². The maximum Gasteiger partial charge on any atom is 0.209 e. The molecule has 0 aliphatic heterocycles. The summed E-state index contributed by atoms with van der Waals surface area (Å²) in [5, 5.41) is 0. The van der Waals surface area contributed by atoms with Crippen molar-refractivity contribution in [3.63, 3.8) is 0 Å². The van der Waals surface area contributed by atoms with E-state index in [9.17, 15) is 8.42 Å². The zero-order valence-electron chi connectivity index (χ0n) is 19.2. The lowest BCUT2D eigenvalue weighted by Gasteiger charge is -2.21. The summed E-state index contributed by atoms with van der Waals surface area (Å²) in [5.41, 5.74) is 6.09. The first-order valence-electron chi connectivity index (χ1n) is 11.3. The fourth-order valence-electron chi connectivity index (χ4n) is 3.97. The highest BCUT2D eigenvalue weighted by Crippen LogP contribution is 2.31. The van der Waals surface area contributed by atoms with Crippen LogP contribution < -0.4 is 4.68 Å². The Morgan fingerprint density at radius 3 is 1.43 bits per heavy atom. The molecule has 0 aliphatic rings. The maximum absolute atomic E-state index is 13.4. The van der Waals surface area contributed by atoms with E-state index in [-0.39, 0.29) is 4.90 Å². The van der Waals surface area contributed by atoms with Crippen LogP contribution in [-0.4, -0.2) is 8.42 Å². The summed E-state index contributed by atoms with van der Waals surface area (Å²) >= 11 is 0. The second-order valence-corrected chi connectivity index (χ2v) is 9.88. The molecule has 0 saturated carbocycles. The normalized spacial score (nSPS) is 11.2. The molecule has 0 saturated heterocycles. The minimum atomic E-state index is -3.98. The van der Waals surface area contributed by atoms with Gasteiger partial charge in [-0.2, -0.15) is 0 Å². The topological polar surface area (TPSA) is 52.1 Å². The minimum Gasteiger partial charge on any atom is -0.317 e. The molecule has 5 aromatic rings. The van der Waals surface area contributed by atoms with Crippen LogP contribution in [0, 0.1) is 6.92 Å². The van der Waals surface area contributed by atoms with Crippen LogP contribution in [-0.2, 0) is 10.0 Å². The fourth-order valence-corrected chi connectivity index (χ4v) is 4.93. The standard InChI is InChI=1S/C30H24N2O2S/c1-23-17-19-28(20-18-23)35(33,34)31-32-29(25-13-7-3-8-14-25)21-27(24-11-5-2-6-12-24)22-30(32)26-15-9-4-10-16-26/h2-22H,1H3. The van der Waals surface area contributed by atoms with Crippen LogP contribution in [0.15, 0.2) is 132 Å². The molecule has 0 N–H and O–H groups in total. The van der Waals surface area contributed by atoms with Crippen LogP contribution >= 0.6 is 0 Å². The highest BCUT2D eigenvalue weighted by molar-refractivity contribution is 7.93. The van der Waals surface area contributed by atoms with Crippen molar-refractivity contribution in [2.24, 2.45) is 0 Å². The predicted molar refractivity (Wildman–Crippen MR) is 140 cm³/mol. The Kier molecular flexibility index (Phi) is 6.17. The molecule has 4 nitrogen and oxygen atoms in total. The van der Waals surface area contributed by atoms with Gasteiger partial charge < -0.3 is 4.83 Å². The first kappa shape index (κ1) is 22.6. The molecular formula is C30H24N2O2S. The third-order valence-electron chi connectivity index (χ3n) is 5.80. The summed E-state index contributed by atoms with van der Waals surface area (Å²) in [4.78, 5) is 4.52. The molecule has 35 heavy (non-hydrogen) atoms. The van der Waals surface area contributed by atoms with E-state index >= 15 is 0 Å². The Labute approximate surface area is 206 Å². The van der Waals surface area contributed by atoms with Crippen LogP contribution in [0.5, 0.6) is 0 Å². The molecule has 172 valence electrons. The molecule has 0 atom stereocenters. The number of hydrogen-bond donors (Lipinski definition) is 0. The van der Waals surface area contributed by atoms with E-state index in [0.717, 1.165) is 27.8 Å². The Hall–Kier alpha value is -4.22. The van der Waals surface area contributed by atoms with Gasteiger partial charge >= 0.3 is 0 Å². The average Bonchev–Trinajstić information content (AvgIpc) is 2.90. The lowest BCUT2D eigenvalue weighted by Crippen LogP contribution is -2.37. The van der Waals surface area contributed by atoms with Gasteiger partial charge in [-0.15, -0.1) is 0 Å². The summed E-state index contributed by atoms with van der Waals surface area (Å²) in [6.45, 7) is 1.92. The maximum atomic E-state index is 13.4. The highest BCUT2D eigenvalue weighted by atomic mass is 32.2. The predicted octanol–water partition coefficient (Wildman–Crippen LogP) is 6.81. The largest absolute Gasteiger partial charge is 0.317 e. The Morgan fingerprint density at radius 2 is 0.971 bits per heavy atom. The van der Waals surface area contributed by atoms with Gasteiger partial charge in [0, 0.05) is 23.3 Å². The van der Waals surface area contributed by atoms with Gasteiger partial charge in [0.2, 0.25) is 11.4 Å². The Bertz CT molecular complexity index is 1490. The molecule has 0 bridgehead atoms. The SMILES string of the molecule is Cc1ccc(S(=O)(=O)[N-][n+]2c(-c3ccccc3)cc(-c3ccccc3)cc2-c2ccccc2)cc1. The number of pyridine rings is 1. The van der Waals surface area contributed by atoms with Gasteiger partial charge in [0.1, 0.15) is 0 Å². The van der Waals surface area contributed by atoms with Crippen molar-refractivity contribution < 1.29 is 13.1 Å². The van der Waals surface area contributed by atoms with Gasteiger partial charge in [0.05, 0.1) is 4.90 Å². The van der Waals surface area contributed by atoms with Crippen molar-refractivity contribution >= 4 is 10.0 Å². The number of nitrogens with zero attached hydrogens (tertiary/aromatic N) is 2. The van der Waals surface area contributed by atoms with Gasteiger partial charge in [-0.1, -0.05) is 84.4 Å². The molecule has 0 unspecified atom stereocenters. The second kappa shape index (κ2) is 9.57. The van der Waals surface area contributed by atoms with Gasteiger partial charge in [0.25, 0.3) is 0 Å². The molecule has 0 amide bonds. The number of hydrogen-bond acceptors (Lipinski definition) is 2. The van der Waals surface area contributed by atoms with E-state index in [1.807, 2.05) is 110 Å². The quantitative estimate of drug-likeness (QED) is 0.253. The molecule has 4 aromatic carbocycles. The summed E-state index contributed by atoms with van der Waals surface area (Å²) in [7, 11) is -3.98. The molecule has 5 rings (SSSR count). The Balaban J connectivity index is 1.77. The lowest BCUT2D eigenvalue weighted by molar-refractivity contribution is -0.590. The first-order chi connectivity index (χ1) is 17.0. The smallest absolute Gasteiger partial charge is 0.209 e. The van der Waals surface area contributed by atoms with Crippen molar-refractivity contribution in [2.45, 2.75) is 11.8 Å². The van der Waals surface area contributed by atoms with Crippen LogP contribution in [0.3, 0.4) is 0 Å². The number of rotatable bonds is 6. The summed E-state index contributed by atoms with van der Waals surface area (Å²) in [6, 6.07) is 40.3. The zero-order valence-corrected chi connectivity index (χ0v) is 20.1. The van der Waals surface area contributed by atoms with Crippen molar-refractivity contribution in [3.8, 4) is 33.6 Å². The van der Waals surface area contributed by atoms with E-state index in [1.54, 1.807) is 28.9 Å². The molecule has 0 radical (unpaired) electrons. The third-order valence-corrected chi connectivity index (χ3v) is 7.04. The van der Waals surface area contributed by atoms with E-state index in [2.05, 4.69) is 4.83 Å². The van der Waals surface area contributed by atoms with E-state index in [4.69, 9.17) is 0 Å². The number of aryl methyl sites for hydroxylation is 1. The van der Waals surface area contributed by atoms with Gasteiger partial charge in [0.15, 0.2) is 10.0 Å². The summed E-state index contributed by atoms with van der Waals surface area (Å²) in [6.07, 6.45) is 0. The highest BCUT2D eigenvalue weighted by Gasteiger charge is 2.22. The molecule has 5 heteroatoms. The summed E-state index contributed by atoms with van der Waals surface area (Å²) in [5.74, 6) is 0. The number of benzene rings is 4. The zero-order chi connectivity index (χ0) is 24.3. The van der Waals surface area contributed by atoms with Crippen molar-refractivity contribution in [2.75, 3.05) is 0 Å². The van der Waals surface area contributed by atoms with Crippen LogP contribution in [0.1, 0.15) is 5.56 Å². The van der Waals surface area contributed by atoms with Gasteiger partial charge in [-0.05, 0) is 54.4 Å². The van der Waals surface area contributed by atoms with Crippen LogP contribution in [0.4, 0.5) is 0 Å². The molecule has 0 fully saturated rings. The molecule has 1 aromatic heterocycles. The van der Waals surface area contributed by atoms with Crippen molar-refractivity contribution in [1.29, 1.82) is 0 Å². The van der Waals surface area contributed by atoms with E-state index in [1.165, 1.54) is 0 Å². The lowest BCUT2D eigenvalue weighted by atomic mass is 10.00. The summed E-state index contributed by atoms with van der Waals surface area (Å²) < 4.78 is 28.4. The first-order valence-corrected chi connectivity index (χ1v) is 12.8. The van der Waals surface area contributed by atoms with Gasteiger partial charge in [-0.3, -0.25) is 0 Å². The molecule has 1 heterocycles. The molecule has 0 aliphatic carbocycles. The second-order valence-electron chi connectivity index (χ2n) is 8.29. The minimum absolute atomic E-state index is 0.153. The molecule has 0 spiro atoms. The van der Waals surface area contributed by atoms with Crippen molar-refractivity contribution in [3.05, 3.63) is 138 Å². The van der Waals surface area contributed by atoms with E-state index in [0.29, 0.717) is 11.4 Å². The fraction of sp³-hybridized carbons (Fsp3) is 0.0333. The number of aromatic nitrogens is 1. The monoisotopic (exact) mass is 476 g/mol. The van der Waals surface area contributed by atoms with Crippen LogP contribution in [0.25, 0.3) is 38.5 Å².